The molecule has 2 aromatic rings. The van der Waals surface area contributed by atoms with Gasteiger partial charge in [-0.25, -0.2) is 4.90 Å². The number of oxime groups is 1. The molecular weight excluding hydrogens is 430 g/mol. The maximum Gasteiger partial charge on any atom is 0.269 e. The topological polar surface area (TPSA) is 121 Å². The number of ether oxygens (including phenoxy) is 2. The lowest BCUT2D eigenvalue weighted by molar-refractivity contribution is -0.384. The minimum absolute atomic E-state index is 0.00115. The van der Waals surface area contributed by atoms with Crippen LogP contribution in [0.15, 0.2) is 47.6 Å². The van der Waals surface area contributed by atoms with Gasteiger partial charge in [0.1, 0.15) is 6.10 Å². The summed E-state index contributed by atoms with van der Waals surface area (Å²) in [5, 5.41) is 15.3. The second-order valence-corrected chi connectivity index (χ2v) is 9.04. The average Bonchev–Trinajstić information content (AvgIpc) is 3.61. The SMILES string of the molecule is O=C1[C@@H]2[C@H]3C[C@@H]([C@@H]4C(c5ccc([N+](=O)[O-])cc5)=NO[C@@H]34)[C@@H]2C(=O)N1c1ccc2c(c1)OCO2. The monoisotopic (exact) mass is 447 g/mol. The standard InChI is InChI=1S/C23H17N3O7/c27-22-17-13-8-14(18(17)23(28)25(22)12-5-6-15-16(7-12)32-9-31-15)21-19(13)20(24-33-21)10-1-3-11(4-2-10)26(29)30/h1-7,13-14,17-19,21H,8-9H2/t13-,14-,17+,18-,19-,21+/m1/s1. The minimum atomic E-state index is -0.449. The van der Waals surface area contributed by atoms with Crippen molar-refractivity contribution >= 4 is 28.9 Å². The highest BCUT2D eigenvalue weighted by atomic mass is 16.7. The lowest BCUT2D eigenvalue weighted by Gasteiger charge is -2.29. The number of non-ortho nitro benzene ring substituents is 1. The van der Waals surface area contributed by atoms with Crippen LogP contribution in [0.3, 0.4) is 0 Å². The molecule has 3 fully saturated rings. The zero-order valence-electron chi connectivity index (χ0n) is 17.1. The van der Waals surface area contributed by atoms with E-state index in [4.69, 9.17) is 14.3 Å². The van der Waals surface area contributed by atoms with E-state index < -0.39 is 16.8 Å². The molecule has 2 aliphatic carbocycles. The van der Waals surface area contributed by atoms with Crippen LogP contribution in [0.1, 0.15) is 12.0 Å². The summed E-state index contributed by atoms with van der Waals surface area (Å²) in [7, 11) is 0. The zero-order chi connectivity index (χ0) is 22.4. The maximum atomic E-state index is 13.5. The summed E-state index contributed by atoms with van der Waals surface area (Å²) in [5.41, 5.74) is 1.92. The number of benzene rings is 2. The number of hydrogen-bond donors (Lipinski definition) is 0. The number of rotatable bonds is 3. The third-order valence-corrected chi connectivity index (χ3v) is 7.68. The summed E-state index contributed by atoms with van der Waals surface area (Å²) in [5.74, 6) is -0.458. The van der Waals surface area contributed by atoms with Crippen LogP contribution in [0.5, 0.6) is 11.5 Å². The molecule has 1 saturated heterocycles. The van der Waals surface area contributed by atoms with Crippen LogP contribution >= 0.6 is 0 Å². The molecule has 10 heteroatoms. The number of hydrogen-bond acceptors (Lipinski definition) is 8. The van der Waals surface area contributed by atoms with Gasteiger partial charge in [0, 0.05) is 35.6 Å². The number of imide groups is 1. The lowest BCUT2D eigenvalue weighted by atomic mass is 9.71. The van der Waals surface area contributed by atoms with E-state index in [0.717, 1.165) is 12.0 Å². The number of anilines is 1. The van der Waals surface area contributed by atoms with E-state index in [-0.39, 0.29) is 48.2 Å². The Morgan fingerprint density at radius 1 is 0.939 bits per heavy atom. The molecule has 2 saturated carbocycles. The molecule has 7 rings (SSSR count). The molecule has 166 valence electrons. The van der Waals surface area contributed by atoms with Gasteiger partial charge in [-0.1, -0.05) is 5.16 Å². The summed E-state index contributed by atoms with van der Waals surface area (Å²) in [6, 6.07) is 11.3. The van der Waals surface area contributed by atoms with Gasteiger partial charge in [-0.05, 0) is 36.6 Å². The molecule has 2 bridgehead atoms. The number of nitro groups is 1. The fourth-order valence-corrected chi connectivity index (χ4v) is 6.40. The molecule has 33 heavy (non-hydrogen) atoms. The maximum absolute atomic E-state index is 13.5. The van der Waals surface area contributed by atoms with Gasteiger partial charge >= 0.3 is 0 Å². The van der Waals surface area contributed by atoms with E-state index in [2.05, 4.69) is 5.16 Å². The van der Waals surface area contributed by atoms with Crippen molar-refractivity contribution in [1.82, 2.24) is 0 Å². The van der Waals surface area contributed by atoms with Crippen molar-refractivity contribution in [3.63, 3.8) is 0 Å². The predicted molar refractivity (Wildman–Crippen MR) is 112 cm³/mol. The third kappa shape index (κ3) is 2.35. The van der Waals surface area contributed by atoms with Crippen molar-refractivity contribution in [3.8, 4) is 11.5 Å². The van der Waals surface area contributed by atoms with Gasteiger partial charge in [0.05, 0.1) is 28.2 Å². The predicted octanol–water partition coefficient (Wildman–Crippen LogP) is 2.50. The minimum Gasteiger partial charge on any atom is -0.454 e. The van der Waals surface area contributed by atoms with E-state index in [9.17, 15) is 19.7 Å². The molecule has 3 aliphatic heterocycles. The highest BCUT2D eigenvalue weighted by Crippen LogP contribution is 2.62. The Bertz CT molecular complexity index is 1270. The first kappa shape index (κ1) is 18.6. The molecule has 10 nitrogen and oxygen atoms in total. The van der Waals surface area contributed by atoms with Crippen LogP contribution in [0.4, 0.5) is 11.4 Å². The molecule has 2 aromatic carbocycles. The number of fused-ring (bicyclic) bond motifs is 9. The van der Waals surface area contributed by atoms with Crippen LogP contribution in [0, 0.1) is 39.7 Å². The molecule has 0 aromatic heterocycles. The van der Waals surface area contributed by atoms with Crippen molar-refractivity contribution in [3.05, 3.63) is 58.1 Å². The van der Waals surface area contributed by atoms with E-state index in [0.29, 0.717) is 22.9 Å². The largest absolute Gasteiger partial charge is 0.454 e. The molecule has 0 radical (unpaired) electrons. The number of nitro benzene ring substituents is 1. The third-order valence-electron chi connectivity index (χ3n) is 7.68. The van der Waals surface area contributed by atoms with Gasteiger partial charge in [0.15, 0.2) is 11.5 Å². The van der Waals surface area contributed by atoms with E-state index in [1.54, 1.807) is 30.3 Å². The molecule has 2 amide bonds. The van der Waals surface area contributed by atoms with Crippen molar-refractivity contribution in [1.29, 1.82) is 0 Å². The fourth-order valence-electron chi connectivity index (χ4n) is 6.40. The molecule has 0 spiro atoms. The Labute approximate surface area is 186 Å². The molecule has 5 aliphatic rings. The molecular formula is C23H17N3O7. The Morgan fingerprint density at radius 2 is 1.67 bits per heavy atom. The van der Waals surface area contributed by atoms with Crippen molar-refractivity contribution in [2.45, 2.75) is 12.5 Å². The van der Waals surface area contributed by atoms with E-state index in [1.807, 2.05) is 0 Å². The second kappa shape index (κ2) is 6.31. The van der Waals surface area contributed by atoms with E-state index >= 15 is 0 Å². The van der Waals surface area contributed by atoms with Gasteiger partial charge in [-0.2, -0.15) is 0 Å². The summed E-state index contributed by atoms with van der Waals surface area (Å²) < 4.78 is 10.8. The highest BCUT2D eigenvalue weighted by Gasteiger charge is 2.70. The Hall–Kier alpha value is -3.95. The fraction of sp³-hybridized carbons (Fsp3) is 0.348. The molecule has 0 N–H and O–H groups in total. The summed E-state index contributed by atoms with van der Waals surface area (Å²) in [6.45, 7) is 0.113. The van der Waals surface area contributed by atoms with Crippen LogP contribution in [0.25, 0.3) is 0 Å². The average molecular weight is 447 g/mol. The van der Waals surface area contributed by atoms with Crippen molar-refractivity contribution in [2.75, 3.05) is 11.7 Å². The summed E-state index contributed by atoms with van der Waals surface area (Å²) in [4.78, 5) is 44.5. The second-order valence-electron chi connectivity index (χ2n) is 9.04. The zero-order valence-corrected chi connectivity index (χ0v) is 17.1. The van der Waals surface area contributed by atoms with Crippen LogP contribution in [0.2, 0.25) is 0 Å². The highest BCUT2D eigenvalue weighted by molar-refractivity contribution is 6.23. The smallest absolute Gasteiger partial charge is 0.269 e. The first-order valence-electron chi connectivity index (χ1n) is 10.8. The number of carbonyl (C=O) groups is 2. The Morgan fingerprint density at radius 3 is 2.42 bits per heavy atom. The Balaban J connectivity index is 1.21. The van der Waals surface area contributed by atoms with Crippen molar-refractivity contribution < 1.29 is 28.8 Å². The lowest BCUT2D eigenvalue weighted by Crippen LogP contribution is -2.41. The number of carbonyl (C=O) groups excluding carboxylic acids is 2. The van der Waals surface area contributed by atoms with Gasteiger partial charge < -0.3 is 14.3 Å². The van der Waals surface area contributed by atoms with Crippen LogP contribution in [-0.2, 0) is 14.4 Å². The Kier molecular flexibility index (Phi) is 3.56. The first-order chi connectivity index (χ1) is 16.0. The van der Waals surface area contributed by atoms with Crippen LogP contribution < -0.4 is 14.4 Å². The van der Waals surface area contributed by atoms with E-state index in [1.165, 1.54) is 17.0 Å². The quantitative estimate of drug-likeness (QED) is 0.403. The summed E-state index contributed by atoms with van der Waals surface area (Å²) in [6.07, 6.45) is 0.457. The number of nitrogens with zero attached hydrogens (tertiary/aromatic N) is 3. The van der Waals surface area contributed by atoms with Crippen molar-refractivity contribution in [2.24, 2.45) is 34.7 Å². The normalized spacial score (nSPS) is 32.6. The molecule has 0 unspecified atom stereocenters. The first-order valence-corrected chi connectivity index (χ1v) is 10.8. The summed E-state index contributed by atoms with van der Waals surface area (Å²) >= 11 is 0. The molecule has 6 atom stereocenters. The van der Waals surface area contributed by atoms with Gasteiger partial charge in [0.25, 0.3) is 5.69 Å². The number of amides is 2. The van der Waals surface area contributed by atoms with Gasteiger partial charge in [0.2, 0.25) is 18.6 Å². The van der Waals surface area contributed by atoms with Crippen LogP contribution in [-0.4, -0.2) is 35.3 Å². The molecule has 3 heterocycles. The van der Waals surface area contributed by atoms with Gasteiger partial charge in [-0.15, -0.1) is 0 Å². The van der Waals surface area contributed by atoms with Gasteiger partial charge in [-0.3, -0.25) is 19.7 Å².